The first kappa shape index (κ1) is 18.3. The summed E-state index contributed by atoms with van der Waals surface area (Å²) in [7, 11) is 0. The van der Waals surface area contributed by atoms with Gasteiger partial charge in [0.1, 0.15) is 5.60 Å². The number of nitrogens with zero attached hydrogens (tertiary/aromatic N) is 3. The van der Waals surface area contributed by atoms with E-state index in [-0.39, 0.29) is 17.8 Å². The monoisotopic (exact) mass is 417 g/mol. The predicted octanol–water partition coefficient (Wildman–Crippen LogP) is 3.57. The van der Waals surface area contributed by atoms with Crippen molar-refractivity contribution in [2.45, 2.75) is 58.5 Å². The van der Waals surface area contributed by atoms with Crippen molar-refractivity contribution in [3.63, 3.8) is 0 Å². The zero-order valence-electron chi connectivity index (χ0n) is 19.7. The van der Waals surface area contributed by atoms with E-state index in [1.54, 1.807) is 34.6 Å². The Labute approximate surface area is 170 Å². The number of amides is 1. The maximum absolute atomic E-state index is 13.3. The highest BCUT2D eigenvalue weighted by Gasteiger charge is 2.36. The van der Waals surface area contributed by atoms with Crippen LogP contribution in [0.3, 0.4) is 0 Å². The molecule has 2 aromatic rings. The van der Waals surface area contributed by atoms with Gasteiger partial charge in [0, 0.05) is 28.9 Å². The number of alkyl carbamates (subject to hydrolysis) is 1. The van der Waals surface area contributed by atoms with Crippen LogP contribution in [0.1, 0.15) is 44.4 Å². The van der Waals surface area contributed by atoms with Gasteiger partial charge in [-0.2, -0.15) is 18.3 Å². The normalized spacial score (nSPS) is 14.7. The molecule has 0 aliphatic carbocycles. The topological polar surface area (TPSA) is 78.2 Å². The number of halogens is 3. The Morgan fingerprint density at radius 1 is 1.24 bits per heavy atom. The highest BCUT2D eigenvalue weighted by atomic mass is 19.4. The summed E-state index contributed by atoms with van der Waals surface area (Å²) in [6, 6.07) is 2.93. The van der Waals surface area contributed by atoms with E-state index in [2.05, 4.69) is 10.4 Å². The van der Waals surface area contributed by atoms with Crippen molar-refractivity contribution in [3.05, 3.63) is 40.4 Å². The van der Waals surface area contributed by atoms with Crippen molar-refractivity contribution in [1.82, 2.24) is 19.7 Å². The molecule has 0 aliphatic rings. The maximum atomic E-state index is 13.3. The zero-order valence-corrected chi connectivity index (χ0v) is 16.7. The van der Waals surface area contributed by atoms with Crippen LogP contribution in [-0.2, 0) is 24.4 Å². The maximum Gasteiger partial charge on any atom is 0.435 e. The molecule has 0 fully saturated rings. The molecule has 0 unspecified atom stereocenters. The first-order chi connectivity index (χ1) is 14.3. The van der Waals surface area contributed by atoms with E-state index in [9.17, 15) is 22.8 Å². The third kappa shape index (κ3) is 6.10. The fourth-order valence-corrected chi connectivity index (χ4v) is 2.54. The van der Waals surface area contributed by atoms with Gasteiger partial charge in [-0.1, -0.05) is 0 Å². The second-order valence-electron chi connectivity index (χ2n) is 8.21. The smallest absolute Gasteiger partial charge is 0.435 e. The molecule has 2 heterocycles. The summed E-state index contributed by atoms with van der Waals surface area (Å²) in [4.78, 5) is 24.0. The molecule has 2 rings (SSSR count). The molecule has 0 atom stereocenters. The Bertz CT molecular complexity index is 1050. The summed E-state index contributed by atoms with van der Waals surface area (Å²) in [5.74, 6) is 0. The van der Waals surface area contributed by atoms with Crippen LogP contribution >= 0.6 is 0 Å². The minimum absolute atomic E-state index is 0.0387. The molecule has 0 bridgehead atoms. The van der Waals surface area contributed by atoms with Crippen LogP contribution in [0.4, 0.5) is 18.0 Å². The first-order valence-electron chi connectivity index (χ1n) is 10.2. The minimum Gasteiger partial charge on any atom is -0.444 e. The molecule has 0 spiro atoms. The summed E-state index contributed by atoms with van der Waals surface area (Å²) in [5.41, 5.74) is -3.94. The van der Waals surface area contributed by atoms with Gasteiger partial charge in [0.15, 0.2) is 5.69 Å². The molecule has 0 aromatic carbocycles. The van der Waals surface area contributed by atoms with Crippen LogP contribution in [-0.4, -0.2) is 31.6 Å². The van der Waals surface area contributed by atoms with Gasteiger partial charge >= 0.3 is 12.3 Å². The second-order valence-corrected chi connectivity index (χ2v) is 8.21. The third-order valence-electron chi connectivity index (χ3n) is 3.66. The fraction of sp³-hybridized carbons (Fsp3) is 0.526. The van der Waals surface area contributed by atoms with Crippen molar-refractivity contribution < 1.29 is 26.8 Å². The number of carbonyl (C=O) groups excluding carboxylic acids is 1. The van der Waals surface area contributed by atoms with Crippen molar-refractivity contribution in [3.8, 4) is 11.3 Å². The summed E-state index contributed by atoms with van der Waals surface area (Å²) >= 11 is 0. The molecule has 0 radical (unpaired) electrons. The van der Waals surface area contributed by atoms with Crippen LogP contribution in [0.2, 0.25) is 0 Å². The van der Waals surface area contributed by atoms with E-state index in [1.165, 1.54) is 6.07 Å². The Morgan fingerprint density at radius 3 is 2.45 bits per heavy atom. The lowest BCUT2D eigenvalue weighted by Crippen LogP contribution is -2.48. The molecule has 29 heavy (non-hydrogen) atoms. The quantitative estimate of drug-likeness (QED) is 0.825. The second kappa shape index (κ2) is 7.57. The van der Waals surface area contributed by atoms with Gasteiger partial charge in [-0.15, -0.1) is 0 Å². The number of aromatic nitrogens is 3. The number of nitrogens with one attached hydrogen (secondary N) is 1. The molecule has 0 saturated heterocycles. The van der Waals surface area contributed by atoms with Crippen molar-refractivity contribution in [2.75, 3.05) is 0 Å². The number of carbonyl (C=O) groups is 1. The van der Waals surface area contributed by atoms with Gasteiger partial charge in [0.2, 0.25) is 5.56 Å². The van der Waals surface area contributed by atoms with Gasteiger partial charge in [-0.3, -0.25) is 9.48 Å². The van der Waals surface area contributed by atoms with Crippen molar-refractivity contribution in [2.24, 2.45) is 6.98 Å². The number of rotatable bonds is 4. The van der Waals surface area contributed by atoms with Gasteiger partial charge < -0.3 is 14.6 Å². The Kier molecular flexibility index (Phi) is 4.76. The molecule has 2 aromatic heterocycles. The Balaban J connectivity index is 2.50. The highest BCUT2D eigenvalue weighted by molar-refractivity contribution is 5.68. The molecule has 1 N–H and O–H groups in total. The SMILES string of the molecule is [2H]C([2H])([2H])n1cc(-c2cc(C(F)(F)F)nn2CC(C)(C)NC(=O)OC(C)(C)C)ccc1=O. The highest BCUT2D eigenvalue weighted by Crippen LogP contribution is 2.32. The first-order valence-corrected chi connectivity index (χ1v) is 8.68. The third-order valence-corrected chi connectivity index (χ3v) is 3.66. The summed E-state index contributed by atoms with van der Waals surface area (Å²) < 4.78 is 69.1. The summed E-state index contributed by atoms with van der Waals surface area (Å²) in [5, 5.41) is 6.20. The van der Waals surface area contributed by atoms with Crippen LogP contribution in [0.25, 0.3) is 11.3 Å². The van der Waals surface area contributed by atoms with Gasteiger partial charge in [0.25, 0.3) is 0 Å². The molecular formula is C19H25F3N4O3. The standard InChI is InChI=1S/C19H25F3N4O3/c1-17(2,3)29-16(28)23-18(4,5)11-26-13(9-14(24-26)19(20,21)22)12-7-8-15(27)25(6)10-12/h7-10H,11H2,1-6H3,(H,23,28)/i6D3. The number of aryl methyl sites for hydroxylation is 1. The molecule has 7 nitrogen and oxygen atoms in total. The predicted molar refractivity (Wildman–Crippen MR) is 101 cm³/mol. The Morgan fingerprint density at radius 2 is 1.90 bits per heavy atom. The van der Waals surface area contributed by atoms with Gasteiger partial charge in [-0.25, -0.2) is 4.79 Å². The average Bonchev–Trinajstić information content (AvgIpc) is 2.94. The van der Waals surface area contributed by atoms with E-state index in [0.29, 0.717) is 4.57 Å². The lowest BCUT2D eigenvalue weighted by molar-refractivity contribution is -0.141. The van der Waals surface area contributed by atoms with Crippen molar-refractivity contribution in [1.29, 1.82) is 0 Å². The summed E-state index contributed by atoms with van der Waals surface area (Å²) in [6.45, 7) is 5.12. The number of ether oxygens (including phenoxy) is 1. The summed E-state index contributed by atoms with van der Waals surface area (Å²) in [6.07, 6.45) is -4.57. The van der Waals surface area contributed by atoms with Gasteiger partial charge in [0.05, 0.1) is 17.8 Å². The van der Waals surface area contributed by atoms with E-state index in [1.807, 2.05) is 0 Å². The molecule has 0 aliphatic heterocycles. The molecule has 0 saturated carbocycles. The largest absolute Gasteiger partial charge is 0.444 e. The lowest BCUT2D eigenvalue weighted by atomic mass is 10.1. The number of alkyl halides is 3. The molecule has 160 valence electrons. The van der Waals surface area contributed by atoms with Crippen LogP contribution in [0.15, 0.2) is 29.2 Å². The fourth-order valence-electron chi connectivity index (χ4n) is 2.54. The van der Waals surface area contributed by atoms with E-state index in [0.717, 1.165) is 23.0 Å². The van der Waals surface area contributed by atoms with Crippen LogP contribution in [0.5, 0.6) is 0 Å². The molecular weight excluding hydrogens is 389 g/mol. The number of pyridine rings is 1. The van der Waals surface area contributed by atoms with E-state index >= 15 is 0 Å². The number of hydrogen-bond acceptors (Lipinski definition) is 4. The minimum atomic E-state index is -4.76. The average molecular weight is 417 g/mol. The molecule has 10 heteroatoms. The number of hydrogen-bond donors (Lipinski definition) is 1. The van der Waals surface area contributed by atoms with Crippen LogP contribution in [0, 0.1) is 0 Å². The Hall–Kier alpha value is -2.78. The van der Waals surface area contributed by atoms with E-state index in [4.69, 9.17) is 8.85 Å². The molecule has 1 amide bonds. The zero-order chi connectivity index (χ0) is 24.7. The van der Waals surface area contributed by atoms with Crippen LogP contribution < -0.4 is 10.9 Å². The lowest BCUT2D eigenvalue weighted by Gasteiger charge is -2.29. The van der Waals surface area contributed by atoms with Gasteiger partial charge in [-0.05, 0) is 46.8 Å². The van der Waals surface area contributed by atoms with Crippen molar-refractivity contribution >= 4 is 6.09 Å². The van der Waals surface area contributed by atoms with E-state index < -0.39 is 41.6 Å².